The first-order chi connectivity index (χ1) is 11.5. The first-order valence-electron chi connectivity index (χ1n) is 7.66. The lowest BCUT2D eigenvalue weighted by Crippen LogP contribution is -2.46. The number of carbonyl (C=O) groups excluding carboxylic acids is 2. The highest BCUT2D eigenvalue weighted by Gasteiger charge is 2.54. The highest BCUT2D eigenvalue weighted by Crippen LogP contribution is 2.42. The van der Waals surface area contributed by atoms with Crippen molar-refractivity contribution in [2.24, 2.45) is 0 Å². The minimum absolute atomic E-state index is 0.141. The van der Waals surface area contributed by atoms with E-state index in [0.29, 0.717) is 22.0 Å². The van der Waals surface area contributed by atoms with Gasteiger partial charge in [0.05, 0.1) is 6.54 Å². The molecular weight excluding hydrogens is 367 g/mol. The number of rotatable bonds is 2. The Kier molecular flexibility index (Phi) is 3.82. The predicted octanol–water partition coefficient (Wildman–Crippen LogP) is 4.34. The molecule has 24 heavy (non-hydrogen) atoms. The summed E-state index contributed by atoms with van der Waals surface area (Å²) in [5.41, 5.74) is 0.730. The van der Waals surface area contributed by atoms with Gasteiger partial charge in [0, 0.05) is 20.5 Å². The summed E-state index contributed by atoms with van der Waals surface area (Å²) in [4.78, 5) is 28.0. The largest absolute Gasteiger partial charge is 0.325 e. The number of hydrogen-bond acceptors (Lipinski definition) is 3. The van der Waals surface area contributed by atoms with E-state index in [4.69, 9.17) is 23.2 Å². The number of carbonyl (C=O) groups is 2. The maximum atomic E-state index is 13.1. The summed E-state index contributed by atoms with van der Waals surface area (Å²) in [7, 11) is 0. The smallest absolute Gasteiger partial charge is 0.319 e. The van der Waals surface area contributed by atoms with Gasteiger partial charge < -0.3 is 5.32 Å². The Balaban J connectivity index is 1.68. The summed E-state index contributed by atoms with van der Waals surface area (Å²) in [5.74, 6) is -0.196. The molecule has 4 nitrogen and oxygen atoms in total. The monoisotopic (exact) mass is 380 g/mol. The van der Waals surface area contributed by atoms with E-state index in [2.05, 4.69) is 5.32 Å². The second kappa shape index (κ2) is 5.76. The van der Waals surface area contributed by atoms with E-state index >= 15 is 0 Å². The highest BCUT2D eigenvalue weighted by atomic mass is 35.5. The first kappa shape index (κ1) is 15.9. The van der Waals surface area contributed by atoms with Gasteiger partial charge in [0.2, 0.25) is 0 Å². The number of thiophene rings is 1. The fourth-order valence-electron chi connectivity index (χ4n) is 3.51. The molecule has 1 aromatic carbocycles. The van der Waals surface area contributed by atoms with Crippen molar-refractivity contribution in [3.63, 3.8) is 0 Å². The van der Waals surface area contributed by atoms with Crippen LogP contribution in [-0.4, -0.2) is 16.8 Å². The molecular formula is C17H14Cl2N2O2S. The van der Waals surface area contributed by atoms with E-state index in [-0.39, 0.29) is 18.5 Å². The molecule has 3 amide bonds. The predicted molar refractivity (Wildman–Crippen MR) is 94.5 cm³/mol. The zero-order chi connectivity index (χ0) is 16.9. The van der Waals surface area contributed by atoms with Crippen LogP contribution in [-0.2, 0) is 23.3 Å². The molecule has 1 atom stereocenters. The first-order valence-corrected chi connectivity index (χ1v) is 9.30. The van der Waals surface area contributed by atoms with Crippen molar-refractivity contribution in [2.45, 2.75) is 31.3 Å². The zero-order valence-electron chi connectivity index (χ0n) is 12.6. The zero-order valence-corrected chi connectivity index (χ0v) is 15.0. The minimum atomic E-state index is -0.913. The Bertz CT molecular complexity index is 851. The Morgan fingerprint density at radius 2 is 2.08 bits per heavy atom. The molecule has 124 valence electrons. The lowest BCUT2D eigenvalue weighted by Gasteiger charge is -2.31. The van der Waals surface area contributed by atoms with E-state index in [1.54, 1.807) is 29.5 Å². The Labute approximate surface area is 153 Å². The molecule has 1 spiro atoms. The van der Waals surface area contributed by atoms with Gasteiger partial charge in [-0.2, -0.15) is 0 Å². The van der Waals surface area contributed by atoms with Crippen LogP contribution in [0.5, 0.6) is 0 Å². The maximum absolute atomic E-state index is 13.1. The summed E-state index contributed by atoms with van der Waals surface area (Å²) >= 11 is 13.7. The van der Waals surface area contributed by atoms with Crippen LogP contribution in [0.15, 0.2) is 29.6 Å². The summed E-state index contributed by atoms with van der Waals surface area (Å²) < 4.78 is 0. The van der Waals surface area contributed by atoms with Crippen LogP contribution in [0.2, 0.25) is 10.0 Å². The third-order valence-corrected chi connectivity index (χ3v) is 6.25. The van der Waals surface area contributed by atoms with Gasteiger partial charge in [-0.15, -0.1) is 11.3 Å². The van der Waals surface area contributed by atoms with Crippen LogP contribution in [0.25, 0.3) is 0 Å². The Hall–Kier alpha value is -1.56. The molecule has 2 aliphatic rings. The molecule has 0 unspecified atom stereocenters. The van der Waals surface area contributed by atoms with E-state index < -0.39 is 5.54 Å². The molecule has 7 heteroatoms. The van der Waals surface area contributed by atoms with Crippen molar-refractivity contribution in [2.75, 3.05) is 0 Å². The summed E-state index contributed by atoms with van der Waals surface area (Å²) in [5, 5.41) is 5.89. The number of fused-ring (bicyclic) bond motifs is 2. The number of halogens is 2. The van der Waals surface area contributed by atoms with Crippen LogP contribution in [0.1, 0.15) is 28.8 Å². The van der Waals surface area contributed by atoms with Crippen LogP contribution < -0.4 is 5.32 Å². The van der Waals surface area contributed by atoms with Crippen LogP contribution >= 0.6 is 34.5 Å². The minimum Gasteiger partial charge on any atom is -0.319 e. The highest BCUT2D eigenvalue weighted by molar-refractivity contribution is 7.10. The number of aryl methyl sites for hydroxylation is 1. The molecule has 0 radical (unpaired) electrons. The second-order valence-electron chi connectivity index (χ2n) is 6.07. The van der Waals surface area contributed by atoms with Crippen molar-refractivity contribution >= 4 is 46.5 Å². The maximum Gasteiger partial charge on any atom is 0.325 e. The average molecular weight is 381 g/mol. The number of benzene rings is 1. The standard InChI is InChI=1S/C17H14Cl2N2O2S/c18-11-4-3-10(13(19)8-11)9-21-15(22)17(20-16(21)23)6-1-2-14-12(17)5-7-24-14/h3-5,7-8H,1-2,6,9H2,(H,20,23)/t17-/m0/s1. The van der Waals surface area contributed by atoms with Crippen LogP contribution in [0.4, 0.5) is 4.79 Å². The molecule has 4 rings (SSSR count). The average Bonchev–Trinajstić information content (AvgIpc) is 3.10. The quantitative estimate of drug-likeness (QED) is 0.787. The molecule has 0 saturated carbocycles. The molecule has 1 N–H and O–H groups in total. The number of urea groups is 1. The van der Waals surface area contributed by atoms with Gasteiger partial charge in [-0.05, 0) is 48.4 Å². The van der Waals surface area contributed by atoms with Gasteiger partial charge in [0.1, 0.15) is 5.54 Å². The van der Waals surface area contributed by atoms with E-state index in [9.17, 15) is 9.59 Å². The van der Waals surface area contributed by atoms with Crippen molar-refractivity contribution in [1.29, 1.82) is 0 Å². The van der Waals surface area contributed by atoms with Crippen molar-refractivity contribution in [1.82, 2.24) is 10.2 Å². The number of imide groups is 1. The van der Waals surface area contributed by atoms with Gasteiger partial charge in [-0.1, -0.05) is 29.3 Å². The second-order valence-corrected chi connectivity index (χ2v) is 7.92. The molecule has 0 bridgehead atoms. The summed E-state index contributed by atoms with van der Waals surface area (Å²) in [6, 6.07) is 6.65. The Morgan fingerprint density at radius 3 is 2.88 bits per heavy atom. The lowest BCUT2D eigenvalue weighted by molar-refractivity contribution is -0.132. The van der Waals surface area contributed by atoms with E-state index in [1.165, 1.54) is 9.78 Å². The van der Waals surface area contributed by atoms with Crippen molar-refractivity contribution in [3.8, 4) is 0 Å². The Morgan fingerprint density at radius 1 is 1.25 bits per heavy atom. The summed E-state index contributed by atoms with van der Waals surface area (Å²) in [6.07, 6.45) is 2.47. The summed E-state index contributed by atoms with van der Waals surface area (Å²) in [6.45, 7) is 0.141. The third-order valence-electron chi connectivity index (χ3n) is 4.68. The number of nitrogens with zero attached hydrogens (tertiary/aromatic N) is 1. The van der Waals surface area contributed by atoms with E-state index in [0.717, 1.165) is 18.4 Å². The molecule has 2 aromatic rings. The van der Waals surface area contributed by atoms with Gasteiger partial charge in [-0.3, -0.25) is 9.69 Å². The van der Waals surface area contributed by atoms with Gasteiger partial charge in [0.15, 0.2) is 0 Å². The van der Waals surface area contributed by atoms with Crippen LogP contribution in [0.3, 0.4) is 0 Å². The molecule has 2 heterocycles. The number of amides is 3. The number of hydrogen-bond donors (Lipinski definition) is 1. The molecule has 1 aromatic heterocycles. The van der Waals surface area contributed by atoms with Crippen LogP contribution in [0, 0.1) is 0 Å². The van der Waals surface area contributed by atoms with Crippen molar-refractivity contribution in [3.05, 3.63) is 55.7 Å². The molecule has 1 aliphatic carbocycles. The van der Waals surface area contributed by atoms with Gasteiger partial charge in [-0.25, -0.2) is 4.79 Å². The third kappa shape index (κ3) is 2.34. The SMILES string of the molecule is O=C1N[C@]2(CCCc3sccc32)C(=O)N1Cc1ccc(Cl)cc1Cl. The molecule has 1 fully saturated rings. The molecule has 1 saturated heterocycles. The fraction of sp³-hybridized carbons (Fsp3) is 0.294. The van der Waals surface area contributed by atoms with E-state index in [1.807, 2.05) is 11.4 Å². The molecule has 1 aliphatic heterocycles. The van der Waals surface area contributed by atoms with Crippen molar-refractivity contribution < 1.29 is 9.59 Å². The normalized spacial score (nSPS) is 22.8. The topological polar surface area (TPSA) is 49.4 Å². The fourth-order valence-corrected chi connectivity index (χ4v) is 4.97. The van der Waals surface area contributed by atoms with Gasteiger partial charge >= 0.3 is 6.03 Å². The number of nitrogens with one attached hydrogen (secondary N) is 1. The lowest BCUT2D eigenvalue weighted by atomic mass is 9.80. The van der Waals surface area contributed by atoms with Gasteiger partial charge in [0.25, 0.3) is 5.91 Å².